The van der Waals surface area contributed by atoms with E-state index >= 15 is 0 Å². The largest absolute Gasteiger partial charge is 0.545 e. The van der Waals surface area contributed by atoms with Crippen molar-refractivity contribution in [1.82, 2.24) is 14.8 Å². The summed E-state index contributed by atoms with van der Waals surface area (Å²) in [5, 5.41) is 12.9. The maximum atomic E-state index is 13.5. The van der Waals surface area contributed by atoms with E-state index in [0.717, 1.165) is 64.4 Å². The second-order valence-corrected chi connectivity index (χ2v) is 9.69. The minimum absolute atomic E-state index is 0.102. The smallest absolute Gasteiger partial charge is 0.416 e. The molecule has 5 rings (SSSR count). The van der Waals surface area contributed by atoms with Gasteiger partial charge in [0.25, 0.3) is 0 Å². The third-order valence-corrected chi connectivity index (χ3v) is 7.46. The van der Waals surface area contributed by atoms with Gasteiger partial charge in [-0.15, -0.1) is 0 Å². The fraction of sp³-hybridized carbons (Fsp3) is 0.429. The van der Waals surface area contributed by atoms with E-state index in [2.05, 4.69) is 14.8 Å². The number of methoxy groups -OCH3 is 1. The number of piperidine rings is 1. The summed E-state index contributed by atoms with van der Waals surface area (Å²) >= 11 is 0. The SMILES string of the molecule is COc1cccc2nc(-c3cccc(C(F)(F)F)c3)c(CN3CCC(N4CCOCC4)CC3)c(C(=O)[O-])c12. The van der Waals surface area contributed by atoms with Gasteiger partial charge in [-0.3, -0.25) is 9.80 Å². The number of alkyl halides is 3. The average molecular weight is 529 g/mol. The van der Waals surface area contributed by atoms with Gasteiger partial charge in [0.05, 0.1) is 48.5 Å². The summed E-state index contributed by atoms with van der Waals surface area (Å²) in [4.78, 5) is 21.9. The van der Waals surface area contributed by atoms with Gasteiger partial charge in [-0.25, -0.2) is 4.98 Å². The normalized spacial score (nSPS) is 18.1. The van der Waals surface area contributed by atoms with Gasteiger partial charge < -0.3 is 19.4 Å². The number of pyridine rings is 1. The summed E-state index contributed by atoms with van der Waals surface area (Å²) in [6.45, 7) is 4.90. The number of aromatic carboxylic acids is 1. The van der Waals surface area contributed by atoms with Crippen molar-refractivity contribution in [3.05, 3.63) is 59.2 Å². The van der Waals surface area contributed by atoms with E-state index in [-0.39, 0.29) is 28.8 Å². The van der Waals surface area contributed by atoms with E-state index in [1.807, 2.05) is 0 Å². The van der Waals surface area contributed by atoms with Gasteiger partial charge in [0.15, 0.2) is 0 Å². The van der Waals surface area contributed by atoms with Crippen LogP contribution >= 0.6 is 0 Å². The summed E-state index contributed by atoms with van der Waals surface area (Å²) in [6, 6.07) is 10.2. The monoisotopic (exact) mass is 528 g/mol. The summed E-state index contributed by atoms with van der Waals surface area (Å²) in [5.41, 5.74) is 0.110. The molecule has 0 spiro atoms. The van der Waals surface area contributed by atoms with Crippen molar-refractivity contribution in [2.24, 2.45) is 0 Å². The second kappa shape index (κ2) is 10.9. The lowest BCUT2D eigenvalue weighted by Crippen LogP contribution is -2.48. The van der Waals surface area contributed by atoms with Crippen LogP contribution in [0.2, 0.25) is 0 Å². The van der Waals surface area contributed by atoms with E-state index in [1.54, 1.807) is 18.2 Å². The first kappa shape index (κ1) is 26.4. The third-order valence-electron chi connectivity index (χ3n) is 7.46. The molecule has 0 bridgehead atoms. The number of carbonyl (C=O) groups excluding carboxylic acids is 1. The highest BCUT2D eigenvalue weighted by molar-refractivity contribution is 6.07. The van der Waals surface area contributed by atoms with Gasteiger partial charge in [0.2, 0.25) is 0 Å². The van der Waals surface area contributed by atoms with Crippen molar-refractivity contribution in [3.8, 4) is 17.0 Å². The maximum absolute atomic E-state index is 13.5. The first-order chi connectivity index (χ1) is 18.3. The molecule has 3 heterocycles. The predicted molar refractivity (Wildman–Crippen MR) is 134 cm³/mol. The number of halogens is 3. The van der Waals surface area contributed by atoms with Gasteiger partial charge in [-0.05, 0) is 50.2 Å². The molecule has 202 valence electrons. The average Bonchev–Trinajstić information content (AvgIpc) is 2.92. The topological polar surface area (TPSA) is 78.0 Å². The number of nitrogens with zero attached hydrogens (tertiary/aromatic N) is 3. The predicted octanol–water partition coefficient (Wildman–Crippen LogP) is 3.59. The van der Waals surface area contributed by atoms with Crippen molar-refractivity contribution in [2.45, 2.75) is 31.6 Å². The quantitative estimate of drug-likeness (QED) is 0.484. The van der Waals surface area contributed by atoms with E-state index in [9.17, 15) is 23.1 Å². The number of benzene rings is 2. The Morgan fingerprint density at radius 1 is 1.11 bits per heavy atom. The summed E-state index contributed by atoms with van der Waals surface area (Å²) in [7, 11) is 1.44. The van der Waals surface area contributed by atoms with Crippen LogP contribution in [0.1, 0.15) is 34.3 Å². The van der Waals surface area contributed by atoms with Crippen LogP contribution in [0.3, 0.4) is 0 Å². The standard InChI is InChI=1S/C28H30F3N3O4/c1-37-23-7-3-6-22-25(23)24(27(35)36)21(26(32-22)18-4-2-5-19(16-18)28(29,30)31)17-33-10-8-20(9-11-33)34-12-14-38-15-13-34/h2-7,16,20H,8-15,17H2,1H3,(H,35,36)/p-1. The molecule has 7 nitrogen and oxygen atoms in total. The minimum atomic E-state index is -4.55. The van der Waals surface area contributed by atoms with Gasteiger partial charge >= 0.3 is 6.18 Å². The molecule has 0 saturated carbocycles. The van der Waals surface area contributed by atoms with E-state index in [4.69, 9.17) is 9.47 Å². The molecule has 0 unspecified atom stereocenters. The fourth-order valence-electron chi connectivity index (χ4n) is 5.56. The van der Waals surface area contributed by atoms with Crippen molar-refractivity contribution < 1.29 is 32.5 Å². The molecular formula is C28H29F3N3O4-. The molecule has 0 radical (unpaired) electrons. The zero-order valence-corrected chi connectivity index (χ0v) is 21.1. The fourth-order valence-corrected chi connectivity index (χ4v) is 5.56. The number of fused-ring (bicyclic) bond motifs is 1. The van der Waals surface area contributed by atoms with Gasteiger partial charge in [0, 0.05) is 42.4 Å². The third kappa shape index (κ3) is 5.34. The minimum Gasteiger partial charge on any atom is -0.545 e. The molecule has 0 atom stereocenters. The first-order valence-corrected chi connectivity index (χ1v) is 12.7. The Labute approximate surface area is 218 Å². The second-order valence-electron chi connectivity index (χ2n) is 9.69. The van der Waals surface area contributed by atoms with Crippen LogP contribution in [-0.2, 0) is 17.5 Å². The molecule has 2 fully saturated rings. The summed E-state index contributed by atoms with van der Waals surface area (Å²) < 4.78 is 51.5. The number of carboxylic acid groups (broad SMARTS) is 1. The van der Waals surface area contributed by atoms with E-state index in [0.29, 0.717) is 22.9 Å². The molecule has 2 saturated heterocycles. The number of ether oxygens (including phenoxy) is 2. The zero-order chi connectivity index (χ0) is 26.9. The molecule has 0 N–H and O–H groups in total. The summed E-state index contributed by atoms with van der Waals surface area (Å²) in [6.07, 6.45) is -2.73. The molecule has 0 aliphatic carbocycles. The Hall–Kier alpha value is -3.21. The molecule has 2 aliphatic rings. The van der Waals surface area contributed by atoms with Gasteiger partial charge in [-0.1, -0.05) is 18.2 Å². The van der Waals surface area contributed by atoms with Crippen LogP contribution < -0.4 is 9.84 Å². The first-order valence-electron chi connectivity index (χ1n) is 12.7. The number of aromatic nitrogens is 1. The molecule has 1 aromatic heterocycles. The molecule has 3 aromatic rings. The Morgan fingerprint density at radius 3 is 2.47 bits per heavy atom. The molecule has 38 heavy (non-hydrogen) atoms. The van der Waals surface area contributed by atoms with Crippen LogP contribution in [-0.4, -0.2) is 73.3 Å². The number of morpholine rings is 1. The number of carboxylic acids is 1. The van der Waals surface area contributed by atoms with Crippen molar-refractivity contribution in [1.29, 1.82) is 0 Å². The highest BCUT2D eigenvalue weighted by atomic mass is 19.4. The van der Waals surface area contributed by atoms with Crippen LogP contribution in [0.25, 0.3) is 22.2 Å². The molecule has 10 heteroatoms. The van der Waals surface area contributed by atoms with Crippen molar-refractivity contribution >= 4 is 16.9 Å². The Kier molecular flexibility index (Phi) is 7.56. The van der Waals surface area contributed by atoms with E-state index < -0.39 is 17.7 Å². The van der Waals surface area contributed by atoms with E-state index in [1.165, 1.54) is 19.2 Å². The number of likely N-dealkylation sites (tertiary alicyclic amines) is 1. The number of rotatable bonds is 6. The number of hydrogen-bond acceptors (Lipinski definition) is 7. The number of hydrogen-bond donors (Lipinski definition) is 0. The highest BCUT2D eigenvalue weighted by Crippen LogP contribution is 2.38. The molecule has 0 amide bonds. The van der Waals surface area contributed by atoms with Crippen LogP contribution in [0.5, 0.6) is 5.75 Å². The van der Waals surface area contributed by atoms with Gasteiger partial charge in [-0.2, -0.15) is 13.2 Å². The summed E-state index contributed by atoms with van der Waals surface area (Å²) in [5.74, 6) is -1.11. The zero-order valence-electron chi connectivity index (χ0n) is 21.1. The van der Waals surface area contributed by atoms with Crippen LogP contribution in [0, 0.1) is 0 Å². The van der Waals surface area contributed by atoms with Crippen LogP contribution in [0.4, 0.5) is 13.2 Å². The lowest BCUT2D eigenvalue weighted by molar-refractivity contribution is -0.254. The lowest BCUT2D eigenvalue weighted by Gasteiger charge is -2.40. The number of carbonyl (C=O) groups is 1. The Bertz CT molecular complexity index is 1320. The molecule has 2 aromatic carbocycles. The van der Waals surface area contributed by atoms with Gasteiger partial charge in [0.1, 0.15) is 5.75 Å². The molecular weight excluding hydrogens is 499 g/mol. The lowest BCUT2D eigenvalue weighted by atomic mass is 9.94. The Morgan fingerprint density at radius 2 is 1.82 bits per heavy atom. The highest BCUT2D eigenvalue weighted by Gasteiger charge is 2.32. The van der Waals surface area contributed by atoms with Crippen molar-refractivity contribution in [3.63, 3.8) is 0 Å². The van der Waals surface area contributed by atoms with Crippen LogP contribution in [0.15, 0.2) is 42.5 Å². The molecule has 2 aliphatic heterocycles. The Balaban J connectivity index is 1.57. The van der Waals surface area contributed by atoms with Crippen molar-refractivity contribution in [2.75, 3.05) is 46.5 Å². The maximum Gasteiger partial charge on any atom is 0.416 e.